The van der Waals surface area contributed by atoms with E-state index in [1.165, 1.54) is 12.0 Å². The third kappa shape index (κ3) is 3.66. The Hall–Kier alpha value is -2.57. The summed E-state index contributed by atoms with van der Waals surface area (Å²) in [5.74, 6) is -0.263. The molecule has 1 aromatic carbocycles. The van der Waals surface area contributed by atoms with Crippen molar-refractivity contribution in [3.8, 4) is 0 Å². The third-order valence-corrected chi connectivity index (χ3v) is 5.08. The molecule has 2 aliphatic heterocycles. The molecule has 2 heterocycles. The topological polar surface area (TPSA) is 70.2 Å². The fourth-order valence-electron chi connectivity index (χ4n) is 3.59. The number of methoxy groups -OCH3 is 1. The normalized spacial score (nSPS) is 20.9. The summed E-state index contributed by atoms with van der Waals surface area (Å²) < 4.78 is 4.80. The van der Waals surface area contributed by atoms with Crippen LogP contribution in [0.1, 0.15) is 24.8 Å². The molecule has 7 heteroatoms. The van der Waals surface area contributed by atoms with E-state index >= 15 is 0 Å². The molecular weight excluding hydrogens is 334 g/mol. The number of nitrogens with zero attached hydrogens (tertiary/aromatic N) is 3. The summed E-state index contributed by atoms with van der Waals surface area (Å²) in [5.41, 5.74) is 1.98. The smallest absolute Gasteiger partial charge is 0.410 e. The molecule has 0 bridgehead atoms. The minimum absolute atomic E-state index is 0.0399. The number of carbonyl (C=O) groups excluding carboxylic acids is 3. The second-order valence-corrected chi connectivity index (χ2v) is 6.82. The first-order chi connectivity index (χ1) is 12.5. The van der Waals surface area contributed by atoms with Gasteiger partial charge in [0.05, 0.1) is 7.11 Å². The molecular formula is C19H25N3O4. The second-order valence-electron chi connectivity index (χ2n) is 6.82. The van der Waals surface area contributed by atoms with Crippen LogP contribution in [0.3, 0.4) is 0 Å². The van der Waals surface area contributed by atoms with Crippen molar-refractivity contribution in [2.75, 3.05) is 38.2 Å². The second kappa shape index (κ2) is 7.76. The number of hydrogen-bond donors (Lipinski definition) is 0. The van der Waals surface area contributed by atoms with E-state index in [0.717, 1.165) is 24.1 Å². The molecule has 1 atom stereocenters. The van der Waals surface area contributed by atoms with Crippen molar-refractivity contribution in [2.24, 2.45) is 0 Å². The van der Waals surface area contributed by atoms with Gasteiger partial charge in [0.2, 0.25) is 11.8 Å². The Morgan fingerprint density at radius 1 is 1.08 bits per heavy atom. The van der Waals surface area contributed by atoms with Gasteiger partial charge in [0.1, 0.15) is 12.6 Å². The summed E-state index contributed by atoms with van der Waals surface area (Å²) >= 11 is 0. The maximum atomic E-state index is 12.9. The number of hydrogen-bond acceptors (Lipinski definition) is 4. The van der Waals surface area contributed by atoms with E-state index < -0.39 is 12.1 Å². The largest absolute Gasteiger partial charge is 0.453 e. The highest BCUT2D eigenvalue weighted by Crippen LogP contribution is 2.22. The van der Waals surface area contributed by atoms with Crippen molar-refractivity contribution < 1.29 is 19.1 Å². The minimum Gasteiger partial charge on any atom is -0.453 e. The first-order valence-corrected chi connectivity index (χ1v) is 9.01. The van der Waals surface area contributed by atoms with Crippen LogP contribution in [0.4, 0.5) is 10.5 Å². The standard InChI is InChI=1S/C19H25N3O4/c1-14-6-8-15(9-7-14)21-12-11-20(13-17(21)23)18(24)16-5-3-4-10-22(16)19(25)26-2/h6-9,16H,3-5,10-13H2,1-2H3/t16-/m0/s1. The average molecular weight is 359 g/mol. The minimum atomic E-state index is -0.532. The van der Waals surface area contributed by atoms with Crippen molar-refractivity contribution in [2.45, 2.75) is 32.2 Å². The highest BCUT2D eigenvalue weighted by molar-refractivity contribution is 5.99. The van der Waals surface area contributed by atoms with Gasteiger partial charge in [0, 0.05) is 25.3 Å². The van der Waals surface area contributed by atoms with E-state index in [9.17, 15) is 14.4 Å². The number of likely N-dealkylation sites (tertiary alicyclic amines) is 1. The van der Waals surface area contributed by atoms with Crippen molar-refractivity contribution >= 4 is 23.6 Å². The molecule has 0 N–H and O–H groups in total. The van der Waals surface area contributed by atoms with Gasteiger partial charge >= 0.3 is 6.09 Å². The SMILES string of the molecule is COC(=O)N1CCCC[C@H]1C(=O)N1CCN(c2ccc(C)cc2)C(=O)C1. The molecule has 7 nitrogen and oxygen atoms in total. The Balaban J connectivity index is 1.67. The van der Waals surface area contributed by atoms with Gasteiger partial charge in [-0.3, -0.25) is 14.5 Å². The Morgan fingerprint density at radius 3 is 2.46 bits per heavy atom. The fraction of sp³-hybridized carbons (Fsp3) is 0.526. The van der Waals surface area contributed by atoms with Gasteiger partial charge in [-0.05, 0) is 38.3 Å². The van der Waals surface area contributed by atoms with Crippen LogP contribution >= 0.6 is 0 Å². The Morgan fingerprint density at radius 2 is 1.81 bits per heavy atom. The molecule has 0 radical (unpaired) electrons. The molecule has 2 aliphatic rings. The summed E-state index contributed by atoms with van der Waals surface area (Å²) in [6.07, 6.45) is 1.88. The maximum Gasteiger partial charge on any atom is 0.410 e. The van der Waals surface area contributed by atoms with Crippen molar-refractivity contribution in [3.63, 3.8) is 0 Å². The number of ether oxygens (including phenoxy) is 1. The molecule has 0 aromatic heterocycles. The first kappa shape index (κ1) is 18.2. The highest BCUT2D eigenvalue weighted by atomic mass is 16.5. The number of benzene rings is 1. The molecule has 1 aromatic rings. The summed E-state index contributed by atoms with van der Waals surface area (Å²) in [6, 6.07) is 7.25. The zero-order chi connectivity index (χ0) is 18.7. The lowest BCUT2D eigenvalue weighted by molar-refractivity contribution is -0.141. The highest BCUT2D eigenvalue weighted by Gasteiger charge is 2.38. The van der Waals surface area contributed by atoms with Crippen LogP contribution in [0, 0.1) is 6.92 Å². The van der Waals surface area contributed by atoms with E-state index in [1.807, 2.05) is 31.2 Å². The van der Waals surface area contributed by atoms with Crippen molar-refractivity contribution in [3.05, 3.63) is 29.8 Å². The van der Waals surface area contributed by atoms with Crippen LogP contribution in [0.25, 0.3) is 0 Å². The number of anilines is 1. The van der Waals surface area contributed by atoms with Gasteiger partial charge < -0.3 is 14.5 Å². The van der Waals surface area contributed by atoms with Crippen LogP contribution in [-0.2, 0) is 14.3 Å². The molecule has 0 unspecified atom stereocenters. The van der Waals surface area contributed by atoms with Crippen LogP contribution < -0.4 is 4.90 Å². The van der Waals surface area contributed by atoms with Crippen molar-refractivity contribution in [1.29, 1.82) is 0 Å². The molecule has 3 amide bonds. The van der Waals surface area contributed by atoms with Gasteiger partial charge in [-0.25, -0.2) is 4.79 Å². The van der Waals surface area contributed by atoms with Gasteiger partial charge in [-0.15, -0.1) is 0 Å². The number of carbonyl (C=O) groups is 3. The number of piperazine rings is 1. The van der Waals surface area contributed by atoms with Gasteiger partial charge in [0.15, 0.2) is 0 Å². The molecule has 0 aliphatic carbocycles. The van der Waals surface area contributed by atoms with E-state index in [1.54, 1.807) is 9.80 Å². The third-order valence-electron chi connectivity index (χ3n) is 5.08. The number of aryl methyl sites for hydroxylation is 1. The molecule has 0 saturated carbocycles. The van der Waals surface area contributed by atoms with E-state index in [0.29, 0.717) is 26.1 Å². The zero-order valence-electron chi connectivity index (χ0n) is 15.3. The predicted molar refractivity (Wildman–Crippen MR) is 96.9 cm³/mol. The molecule has 3 rings (SSSR count). The summed E-state index contributed by atoms with van der Waals surface area (Å²) in [7, 11) is 1.32. The first-order valence-electron chi connectivity index (χ1n) is 9.01. The number of amides is 3. The van der Waals surface area contributed by atoms with Gasteiger partial charge in [-0.1, -0.05) is 17.7 Å². The summed E-state index contributed by atoms with van der Waals surface area (Å²) in [4.78, 5) is 42.2. The maximum absolute atomic E-state index is 12.9. The molecule has 2 saturated heterocycles. The van der Waals surface area contributed by atoms with Crippen LogP contribution in [-0.4, -0.2) is 67.0 Å². The summed E-state index contributed by atoms with van der Waals surface area (Å²) in [5, 5.41) is 0. The van der Waals surface area contributed by atoms with Crippen molar-refractivity contribution in [1.82, 2.24) is 9.80 Å². The predicted octanol–water partition coefficient (Wildman–Crippen LogP) is 1.79. The number of piperidine rings is 1. The van der Waals surface area contributed by atoms with Crippen LogP contribution in [0.15, 0.2) is 24.3 Å². The summed E-state index contributed by atoms with van der Waals surface area (Å²) in [6.45, 7) is 3.47. The lowest BCUT2D eigenvalue weighted by atomic mass is 10.0. The fourth-order valence-corrected chi connectivity index (χ4v) is 3.59. The molecule has 2 fully saturated rings. The molecule has 26 heavy (non-hydrogen) atoms. The van der Waals surface area contributed by atoms with Gasteiger partial charge in [0.25, 0.3) is 0 Å². The van der Waals surface area contributed by atoms with E-state index in [4.69, 9.17) is 4.74 Å². The van der Waals surface area contributed by atoms with Crippen LogP contribution in [0.5, 0.6) is 0 Å². The lowest BCUT2D eigenvalue weighted by Gasteiger charge is -2.39. The van der Waals surface area contributed by atoms with Gasteiger partial charge in [-0.2, -0.15) is 0 Å². The molecule has 140 valence electrons. The average Bonchev–Trinajstić information content (AvgIpc) is 2.67. The van der Waals surface area contributed by atoms with E-state index in [2.05, 4.69) is 0 Å². The molecule has 0 spiro atoms. The Bertz CT molecular complexity index is 689. The quantitative estimate of drug-likeness (QED) is 0.807. The number of rotatable bonds is 2. The van der Waals surface area contributed by atoms with E-state index in [-0.39, 0.29) is 18.4 Å². The lowest BCUT2D eigenvalue weighted by Crippen LogP contribution is -2.58. The Kier molecular flexibility index (Phi) is 5.44. The van der Waals surface area contributed by atoms with Crippen LogP contribution in [0.2, 0.25) is 0 Å². The monoisotopic (exact) mass is 359 g/mol. The zero-order valence-corrected chi connectivity index (χ0v) is 15.3. The Labute approximate surface area is 153 Å².